The summed E-state index contributed by atoms with van der Waals surface area (Å²) in [6, 6.07) is 17.7. The second-order valence-corrected chi connectivity index (χ2v) is 4.99. The van der Waals surface area contributed by atoms with E-state index in [2.05, 4.69) is 19.1 Å². The number of hydrogen-bond donors (Lipinski definition) is 1. The number of methoxy groups -OCH3 is 1. The molecule has 2 atom stereocenters. The summed E-state index contributed by atoms with van der Waals surface area (Å²) in [5.74, 6) is 0.768. The molecule has 0 aliphatic carbocycles. The largest absolute Gasteiger partial charge is 0.497 e. The van der Waals surface area contributed by atoms with E-state index in [0.29, 0.717) is 0 Å². The van der Waals surface area contributed by atoms with Crippen LogP contribution in [0.25, 0.3) is 0 Å². The van der Waals surface area contributed by atoms with Gasteiger partial charge in [0.15, 0.2) is 0 Å². The van der Waals surface area contributed by atoms with E-state index < -0.39 is 6.10 Å². The molecule has 0 aliphatic rings. The topological polar surface area (TPSA) is 29.5 Å². The Morgan fingerprint density at radius 3 is 2.24 bits per heavy atom. The van der Waals surface area contributed by atoms with Crippen LogP contribution in [0.2, 0.25) is 0 Å². The van der Waals surface area contributed by atoms with Gasteiger partial charge in [-0.25, -0.2) is 0 Å². The first-order valence-electron chi connectivity index (χ1n) is 7.30. The summed E-state index contributed by atoms with van der Waals surface area (Å²) in [7, 11) is 1.66. The van der Waals surface area contributed by atoms with Gasteiger partial charge in [0.25, 0.3) is 0 Å². The van der Waals surface area contributed by atoms with E-state index in [9.17, 15) is 5.11 Å². The minimum absolute atomic E-state index is 0.0572. The molecular formula is C19H22O2. The number of ether oxygens (including phenoxy) is 1. The fraction of sp³-hybridized carbons (Fsp3) is 0.263. The molecule has 2 nitrogen and oxygen atoms in total. The fourth-order valence-electron chi connectivity index (χ4n) is 2.37. The lowest BCUT2D eigenvalue weighted by Crippen LogP contribution is -2.09. The molecule has 110 valence electrons. The Balaban J connectivity index is 2.31. The normalized spacial score (nSPS) is 14.0. The molecule has 0 aliphatic heterocycles. The Bertz CT molecular complexity index is 558. The predicted octanol–water partition coefficient (Wildman–Crippen LogP) is 4.48. The van der Waals surface area contributed by atoms with Crippen LogP contribution in [-0.2, 0) is 0 Å². The molecule has 0 saturated carbocycles. The Kier molecular flexibility index (Phi) is 5.59. The number of hydrogen-bond acceptors (Lipinski definition) is 2. The van der Waals surface area contributed by atoms with Crippen LogP contribution in [0.1, 0.15) is 36.5 Å². The molecule has 0 radical (unpaired) electrons. The third kappa shape index (κ3) is 3.96. The highest BCUT2D eigenvalue weighted by Gasteiger charge is 2.20. The number of aliphatic hydroxyl groups excluding tert-OH is 1. The van der Waals surface area contributed by atoms with Gasteiger partial charge in [-0.15, -0.1) is 0 Å². The standard InChI is InChI=1S/C19H22O2/c1-3-4-10-18(15-11-13-17(21-2)14-12-15)19(20)16-8-6-5-7-9-16/h4-14,18-20H,3H2,1-2H3/b10-4+. The maximum atomic E-state index is 10.7. The molecule has 1 N–H and O–H groups in total. The third-order valence-electron chi connectivity index (χ3n) is 3.56. The van der Waals surface area contributed by atoms with Crippen molar-refractivity contribution in [2.24, 2.45) is 0 Å². The summed E-state index contributed by atoms with van der Waals surface area (Å²) in [6.07, 6.45) is 4.58. The highest BCUT2D eigenvalue weighted by atomic mass is 16.5. The maximum absolute atomic E-state index is 10.7. The minimum Gasteiger partial charge on any atom is -0.497 e. The lowest BCUT2D eigenvalue weighted by Gasteiger charge is -2.21. The van der Waals surface area contributed by atoms with Crippen LogP contribution < -0.4 is 4.74 Å². The van der Waals surface area contributed by atoms with Crippen molar-refractivity contribution in [2.45, 2.75) is 25.4 Å². The van der Waals surface area contributed by atoms with E-state index in [1.165, 1.54) is 0 Å². The van der Waals surface area contributed by atoms with E-state index in [4.69, 9.17) is 4.74 Å². The van der Waals surface area contributed by atoms with E-state index in [-0.39, 0.29) is 5.92 Å². The molecule has 0 aromatic heterocycles. The Morgan fingerprint density at radius 1 is 1.00 bits per heavy atom. The molecule has 0 heterocycles. The van der Waals surface area contributed by atoms with Gasteiger partial charge >= 0.3 is 0 Å². The second-order valence-electron chi connectivity index (χ2n) is 4.99. The van der Waals surface area contributed by atoms with Gasteiger partial charge < -0.3 is 9.84 Å². The van der Waals surface area contributed by atoms with Crippen LogP contribution in [0.3, 0.4) is 0 Å². The molecule has 2 heteroatoms. The predicted molar refractivity (Wildman–Crippen MR) is 86.6 cm³/mol. The molecule has 2 rings (SSSR count). The summed E-state index contributed by atoms with van der Waals surface area (Å²) in [6.45, 7) is 2.09. The number of aliphatic hydroxyl groups is 1. The zero-order valence-corrected chi connectivity index (χ0v) is 12.6. The van der Waals surface area contributed by atoms with Crippen molar-refractivity contribution in [3.63, 3.8) is 0 Å². The molecule has 0 bridgehead atoms. The lowest BCUT2D eigenvalue weighted by atomic mass is 9.88. The lowest BCUT2D eigenvalue weighted by molar-refractivity contribution is 0.161. The Labute approximate surface area is 126 Å². The van der Waals surface area contributed by atoms with Crippen LogP contribution in [0.5, 0.6) is 5.75 Å². The van der Waals surface area contributed by atoms with E-state index >= 15 is 0 Å². The summed E-state index contributed by atoms with van der Waals surface area (Å²) < 4.78 is 5.19. The van der Waals surface area contributed by atoms with Crippen LogP contribution in [-0.4, -0.2) is 12.2 Å². The van der Waals surface area contributed by atoms with Crippen LogP contribution in [0.15, 0.2) is 66.7 Å². The third-order valence-corrected chi connectivity index (χ3v) is 3.56. The summed E-state index contributed by atoms with van der Waals surface area (Å²) >= 11 is 0. The Hall–Kier alpha value is -2.06. The maximum Gasteiger partial charge on any atom is 0.118 e. The average Bonchev–Trinajstić information content (AvgIpc) is 2.56. The van der Waals surface area contributed by atoms with Gasteiger partial charge in [-0.3, -0.25) is 0 Å². The van der Waals surface area contributed by atoms with Crippen molar-refractivity contribution in [2.75, 3.05) is 7.11 Å². The molecule has 2 aromatic rings. The van der Waals surface area contributed by atoms with Crippen molar-refractivity contribution < 1.29 is 9.84 Å². The average molecular weight is 282 g/mol. The first-order chi connectivity index (χ1) is 10.3. The first-order valence-corrected chi connectivity index (χ1v) is 7.30. The molecule has 0 fully saturated rings. The van der Waals surface area contributed by atoms with Gasteiger partial charge in [0.1, 0.15) is 5.75 Å². The van der Waals surface area contributed by atoms with Gasteiger partial charge in [0.05, 0.1) is 13.2 Å². The highest BCUT2D eigenvalue weighted by Crippen LogP contribution is 2.33. The van der Waals surface area contributed by atoms with Crippen molar-refractivity contribution in [1.29, 1.82) is 0 Å². The van der Waals surface area contributed by atoms with Crippen molar-refractivity contribution in [3.8, 4) is 5.75 Å². The smallest absolute Gasteiger partial charge is 0.118 e. The van der Waals surface area contributed by atoms with Crippen molar-refractivity contribution in [3.05, 3.63) is 77.9 Å². The van der Waals surface area contributed by atoms with Crippen LogP contribution >= 0.6 is 0 Å². The molecule has 21 heavy (non-hydrogen) atoms. The zero-order chi connectivity index (χ0) is 15.1. The SMILES string of the molecule is CC/C=C/C(c1ccc(OC)cc1)C(O)c1ccccc1. The molecule has 0 amide bonds. The molecule has 2 unspecified atom stereocenters. The summed E-state index contributed by atoms with van der Waals surface area (Å²) in [4.78, 5) is 0. The van der Waals surface area contributed by atoms with Gasteiger partial charge in [0.2, 0.25) is 0 Å². The first kappa shape index (κ1) is 15.3. The summed E-state index contributed by atoms with van der Waals surface area (Å²) in [5.41, 5.74) is 2.01. The van der Waals surface area contributed by atoms with Crippen molar-refractivity contribution in [1.82, 2.24) is 0 Å². The molecular weight excluding hydrogens is 260 g/mol. The van der Waals surface area contributed by atoms with E-state index in [1.54, 1.807) is 7.11 Å². The minimum atomic E-state index is -0.553. The van der Waals surface area contributed by atoms with Gasteiger partial charge in [0, 0.05) is 5.92 Å². The van der Waals surface area contributed by atoms with E-state index in [1.807, 2.05) is 54.6 Å². The Morgan fingerprint density at radius 2 is 1.67 bits per heavy atom. The van der Waals surface area contributed by atoms with Gasteiger partial charge in [-0.1, -0.05) is 61.5 Å². The molecule has 2 aromatic carbocycles. The number of allylic oxidation sites excluding steroid dienone is 1. The second kappa shape index (κ2) is 7.65. The monoisotopic (exact) mass is 282 g/mol. The molecule has 0 spiro atoms. The van der Waals surface area contributed by atoms with Crippen molar-refractivity contribution >= 4 is 0 Å². The fourth-order valence-corrected chi connectivity index (χ4v) is 2.37. The van der Waals surface area contributed by atoms with E-state index in [0.717, 1.165) is 23.3 Å². The zero-order valence-electron chi connectivity index (χ0n) is 12.6. The van der Waals surface area contributed by atoms with Crippen LogP contribution in [0.4, 0.5) is 0 Å². The van der Waals surface area contributed by atoms with Crippen LogP contribution in [0, 0.1) is 0 Å². The van der Waals surface area contributed by atoms with Gasteiger partial charge in [-0.05, 0) is 29.7 Å². The quantitative estimate of drug-likeness (QED) is 0.792. The summed E-state index contributed by atoms with van der Waals surface area (Å²) in [5, 5.41) is 10.7. The number of rotatable bonds is 6. The number of benzene rings is 2. The van der Waals surface area contributed by atoms with Gasteiger partial charge in [-0.2, -0.15) is 0 Å². The highest BCUT2D eigenvalue weighted by molar-refractivity contribution is 5.34. The molecule has 0 saturated heterocycles.